The van der Waals surface area contributed by atoms with E-state index in [1.54, 1.807) is 31.2 Å². The van der Waals surface area contributed by atoms with Gasteiger partial charge in [0.2, 0.25) is 0 Å². The van der Waals surface area contributed by atoms with Crippen molar-refractivity contribution in [3.63, 3.8) is 0 Å². The third-order valence-electron chi connectivity index (χ3n) is 2.46. The number of para-hydroxylation sites is 1. The molecule has 2 rings (SSSR count). The Kier molecular flexibility index (Phi) is 2.48. The van der Waals surface area contributed by atoms with E-state index in [0.29, 0.717) is 16.5 Å². The minimum Gasteiger partial charge on any atom is -0.450 e. The van der Waals surface area contributed by atoms with E-state index in [9.17, 15) is 9.59 Å². The van der Waals surface area contributed by atoms with E-state index >= 15 is 0 Å². The molecule has 0 saturated heterocycles. The maximum absolute atomic E-state index is 11.9. The monoisotopic (exact) mass is 217 g/mol. The smallest absolute Gasteiger partial charge is 0.287 e. The van der Waals surface area contributed by atoms with Gasteiger partial charge in [0.15, 0.2) is 11.2 Å². The minimum atomic E-state index is -0.389. The molecule has 82 valence electrons. The second-order valence-corrected chi connectivity index (χ2v) is 3.46. The molecule has 0 saturated carbocycles. The van der Waals surface area contributed by atoms with Crippen LogP contribution >= 0.6 is 0 Å². The van der Waals surface area contributed by atoms with Crippen molar-refractivity contribution >= 4 is 16.9 Å². The topological polar surface area (TPSA) is 59.3 Å². The lowest BCUT2D eigenvalue weighted by Crippen LogP contribution is -2.22. The first-order valence-electron chi connectivity index (χ1n) is 4.89. The summed E-state index contributed by atoms with van der Waals surface area (Å²) in [5, 5.41) is 2.94. The van der Waals surface area contributed by atoms with Crippen molar-refractivity contribution in [1.82, 2.24) is 5.32 Å². The third-order valence-corrected chi connectivity index (χ3v) is 2.46. The normalized spacial score (nSPS) is 10.4. The standard InChI is InChI=1S/C12H11NO3/c1-7-10(14)8-5-3-4-6-9(8)16-11(7)12(15)13-2/h3-6H,1-2H3,(H,13,15). The summed E-state index contributed by atoms with van der Waals surface area (Å²) in [5.41, 5.74) is 0.593. The molecular formula is C12H11NO3. The number of nitrogens with one attached hydrogen (secondary N) is 1. The molecule has 0 unspecified atom stereocenters. The molecule has 1 aromatic heterocycles. The van der Waals surface area contributed by atoms with Crippen LogP contribution in [-0.4, -0.2) is 13.0 Å². The molecule has 1 heterocycles. The van der Waals surface area contributed by atoms with Crippen LogP contribution in [0, 0.1) is 6.92 Å². The van der Waals surface area contributed by atoms with Crippen molar-refractivity contribution in [3.05, 3.63) is 45.8 Å². The Labute approximate surface area is 91.9 Å². The van der Waals surface area contributed by atoms with Gasteiger partial charge >= 0.3 is 0 Å². The predicted molar refractivity (Wildman–Crippen MR) is 60.6 cm³/mol. The van der Waals surface area contributed by atoms with Gasteiger partial charge in [-0.25, -0.2) is 0 Å². The van der Waals surface area contributed by atoms with Gasteiger partial charge in [-0.3, -0.25) is 9.59 Å². The van der Waals surface area contributed by atoms with Gasteiger partial charge < -0.3 is 9.73 Å². The Hall–Kier alpha value is -2.10. The number of hydrogen-bond acceptors (Lipinski definition) is 3. The summed E-state index contributed by atoms with van der Waals surface area (Å²) in [5.74, 6) is -0.313. The van der Waals surface area contributed by atoms with Crippen molar-refractivity contribution in [1.29, 1.82) is 0 Å². The van der Waals surface area contributed by atoms with Crippen LogP contribution in [-0.2, 0) is 0 Å². The predicted octanol–water partition coefficient (Wildman–Crippen LogP) is 1.46. The summed E-state index contributed by atoms with van der Waals surface area (Å²) >= 11 is 0. The van der Waals surface area contributed by atoms with E-state index in [-0.39, 0.29) is 17.1 Å². The quantitative estimate of drug-likeness (QED) is 0.786. The van der Waals surface area contributed by atoms with Crippen molar-refractivity contribution in [2.24, 2.45) is 0 Å². The first-order valence-corrected chi connectivity index (χ1v) is 4.89. The second-order valence-electron chi connectivity index (χ2n) is 3.46. The summed E-state index contributed by atoms with van der Waals surface area (Å²) in [6.45, 7) is 1.59. The molecule has 0 atom stereocenters. The van der Waals surface area contributed by atoms with Gasteiger partial charge in [-0.15, -0.1) is 0 Å². The number of fused-ring (bicyclic) bond motifs is 1. The highest BCUT2D eigenvalue weighted by Gasteiger charge is 2.15. The van der Waals surface area contributed by atoms with Crippen molar-refractivity contribution < 1.29 is 9.21 Å². The van der Waals surface area contributed by atoms with E-state index in [4.69, 9.17) is 4.42 Å². The molecule has 1 amide bonds. The van der Waals surface area contributed by atoms with Crippen LogP contribution in [0.2, 0.25) is 0 Å². The fraction of sp³-hybridized carbons (Fsp3) is 0.167. The Bertz CT molecular complexity index is 613. The maximum Gasteiger partial charge on any atom is 0.287 e. The average Bonchev–Trinajstić information content (AvgIpc) is 2.33. The first-order chi connectivity index (χ1) is 7.65. The molecule has 16 heavy (non-hydrogen) atoms. The van der Waals surface area contributed by atoms with Gasteiger partial charge in [-0.1, -0.05) is 12.1 Å². The number of carbonyl (C=O) groups excluding carboxylic acids is 1. The van der Waals surface area contributed by atoms with Crippen LogP contribution in [0.15, 0.2) is 33.5 Å². The molecule has 4 nitrogen and oxygen atoms in total. The van der Waals surface area contributed by atoms with Crippen molar-refractivity contribution in [3.8, 4) is 0 Å². The van der Waals surface area contributed by atoms with Gasteiger partial charge in [-0.05, 0) is 19.1 Å². The summed E-state index contributed by atoms with van der Waals surface area (Å²) < 4.78 is 5.41. The maximum atomic E-state index is 11.9. The number of carbonyl (C=O) groups is 1. The Morgan fingerprint density at radius 3 is 2.69 bits per heavy atom. The number of amides is 1. The summed E-state index contributed by atoms with van der Waals surface area (Å²) in [7, 11) is 1.50. The zero-order valence-electron chi connectivity index (χ0n) is 9.03. The average molecular weight is 217 g/mol. The lowest BCUT2D eigenvalue weighted by atomic mass is 10.1. The molecule has 0 aliphatic heterocycles. The Balaban J connectivity index is 2.84. The van der Waals surface area contributed by atoms with Gasteiger partial charge in [-0.2, -0.15) is 0 Å². The molecular weight excluding hydrogens is 206 g/mol. The lowest BCUT2D eigenvalue weighted by Gasteiger charge is -2.04. The van der Waals surface area contributed by atoms with E-state index in [1.165, 1.54) is 7.05 Å². The van der Waals surface area contributed by atoms with E-state index in [0.717, 1.165) is 0 Å². The van der Waals surface area contributed by atoms with Crippen LogP contribution in [0.25, 0.3) is 11.0 Å². The second kappa shape index (κ2) is 3.81. The van der Waals surface area contributed by atoms with Crippen LogP contribution in [0.1, 0.15) is 16.1 Å². The van der Waals surface area contributed by atoms with Crippen molar-refractivity contribution in [2.45, 2.75) is 6.92 Å². The number of benzene rings is 1. The molecule has 0 bridgehead atoms. The zero-order chi connectivity index (χ0) is 11.7. The molecule has 4 heteroatoms. The van der Waals surface area contributed by atoms with Crippen LogP contribution < -0.4 is 10.7 Å². The van der Waals surface area contributed by atoms with Crippen LogP contribution in [0.3, 0.4) is 0 Å². The first kappa shape index (κ1) is 10.4. The molecule has 1 N–H and O–H groups in total. The number of rotatable bonds is 1. The largest absolute Gasteiger partial charge is 0.450 e. The van der Waals surface area contributed by atoms with E-state index in [1.807, 2.05) is 0 Å². The van der Waals surface area contributed by atoms with E-state index < -0.39 is 0 Å². The van der Waals surface area contributed by atoms with Gasteiger partial charge in [0.1, 0.15) is 5.58 Å². The summed E-state index contributed by atoms with van der Waals surface area (Å²) in [6, 6.07) is 6.87. The fourth-order valence-electron chi connectivity index (χ4n) is 1.57. The van der Waals surface area contributed by atoms with Crippen LogP contribution in [0.4, 0.5) is 0 Å². The fourth-order valence-corrected chi connectivity index (χ4v) is 1.57. The Morgan fingerprint density at radius 2 is 2.00 bits per heavy atom. The highest BCUT2D eigenvalue weighted by Crippen LogP contribution is 2.14. The molecule has 0 aliphatic carbocycles. The van der Waals surface area contributed by atoms with Gasteiger partial charge in [0, 0.05) is 12.6 Å². The molecule has 1 aromatic carbocycles. The lowest BCUT2D eigenvalue weighted by molar-refractivity contribution is 0.0935. The van der Waals surface area contributed by atoms with Gasteiger partial charge in [0.05, 0.1) is 5.39 Å². The molecule has 0 aliphatic rings. The van der Waals surface area contributed by atoms with Gasteiger partial charge in [0.25, 0.3) is 5.91 Å². The van der Waals surface area contributed by atoms with Crippen LogP contribution in [0.5, 0.6) is 0 Å². The molecule has 0 fully saturated rings. The SMILES string of the molecule is CNC(=O)c1oc2ccccc2c(=O)c1C. The number of hydrogen-bond donors (Lipinski definition) is 1. The Morgan fingerprint density at radius 1 is 1.31 bits per heavy atom. The summed E-state index contributed by atoms with van der Waals surface area (Å²) in [6.07, 6.45) is 0. The minimum absolute atomic E-state index is 0.0752. The van der Waals surface area contributed by atoms with E-state index in [2.05, 4.69) is 5.32 Å². The summed E-state index contributed by atoms with van der Waals surface area (Å²) in [4.78, 5) is 23.4. The van der Waals surface area contributed by atoms with Crippen molar-refractivity contribution in [2.75, 3.05) is 7.05 Å². The third kappa shape index (κ3) is 1.48. The highest BCUT2D eigenvalue weighted by molar-refractivity contribution is 5.94. The zero-order valence-corrected chi connectivity index (χ0v) is 9.03. The molecule has 2 aromatic rings. The molecule has 0 radical (unpaired) electrons. The molecule has 0 spiro atoms. The highest BCUT2D eigenvalue weighted by atomic mass is 16.3.